The van der Waals surface area contributed by atoms with Gasteiger partial charge in [0.25, 0.3) is 11.1 Å². The highest BCUT2D eigenvalue weighted by atomic mass is 32.1. The molecule has 0 saturated heterocycles. The summed E-state index contributed by atoms with van der Waals surface area (Å²) in [7, 11) is 0. The monoisotopic (exact) mass is 333 g/mol. The van der Waals surface area contributed by atoms with E-state index in [1.807, 2.05) is 6.92 Å². The van der Waals surface area contributed by atoms with Crippen molar-refractivity contribution < 1.29 is 0 Å². The van der Waals surface area contributed by atoms with Crippen molar-refractivity contribution in [1.82, 2.24) is 9.36 Å². The van der Waals surface area contributed by atoms with E-state index in [0.29, 0.717) is 13.0 Å². The third kappa shape index (κ3) is 2.84. The molecule has 1 atom stereocenters. The fraction of sp³-hybridized carbons (Fsp3) is 0.400. The van der Waals surface area contributed by atoms with Gasteiger partial charge in [-0.3, -0.25) is 9.59 Å². The third-order valence-corrected chi connectivity index (χ3v) is 3.80. The molecule has 1 aromatic heterocycles. The molecule has 0 amide bonds. The molecule has 8 heteroatoms. The van der Waals surface area contributed by atoms with E-state index in [4.69, 9.17) is 11.5 Å². The molecular weight excluding hydrogens is 314 g/mol. The molecular formula is C15H19N5O2S. The fourth-order valence-corrected chi connectivity index (χ4v) is 2.76. The van der Waals surface area contributed by atoms with Crippen LogP contribution in [-0.4, -0.2) is 14.5 Å². The number of nitrogens with two attached hydrogens (primary N) is 2. The van der Waals surface area contributed by atoms with Crippen LogP contribution in [0.4, 0.5) is 11.4 Å². The van der Waals surface area contributed by atoms with Gasteiger partial charge in [0.15, 0.2) is 0 Å². The Morgan fingerprint density at radius 1 is 1.30 bits per heavy atom. The van der Waals surface area contributed by atoms with Crippen LogP contribution in [-0.2, 0) is 6.54 Å². The lowest BCUT2D eigenvalue weighted by Crippen LogP contribution is -2.43. The van der Waals surface area contributed by atoms with E-state index < -0.39 is 11.7 Å². The highest BCUT2D eigenvalue weighted by molar-refractivity contribution is 7.78. The Morgan fingerprint density at radius 3 is 2.57 bits per heavy atom. The first kappa shape index (κ1) is 17.1. The average molecular weight is 333 g/mol. The molecule has 23 heavy (non-hydrogen) atoms. The summed E-state index contributed by atoms with van der Waals surface area (Å²) in [5, 5.41) is 2.58. The normalized spacial score (nSPS) is 12.1. The van der Waals surface area contributed by atoms with Gasteiger partial charge in [-0.1, -0.05) is 13.3 Å². The van der Waals surface area contributed by atoms with Crippen molar-refractivity contribution in [3.05, 3.63) is 32.8 Å². The van der Waals surface area contributed by atoms with E-state index in [0.717, 1.165) is 6.42 Å². The van der Waals surface area contributed by atoms with Crippen molar-refractivity contribution in [3.63, 3.8) is 0 Å². The fourth-order valence-electron chi connectivity index (χ4n) is 2.67. The van der Waals surface area contributed by atoms with Crippen LogP contribution in [0.1, 0.15) is 32.9 Å². The number of aliphatic imine (C=N–C) groups is 1. The van der Waals surface area contributed by atoms with Gasteiger partial charge in [0, 0.05) is 6.54 Å². The first-order chi connectivity index (χ1) is 11.0. The maximum absolute atomic E-state index is 13.0. The van der Waals surface area contributed by atoms with Gasteiger partial charge in [0.2, 0.25) is 0 Å². The van der Waals surface area contributed by atoms with Crippen LogP contribution in [0.5, 0.6) is 0 Å². The largest absolute Gasteiger partial charge is 0.397 e. The van der Waals surface area contributed by atoms with Gasteiger partial charge in [-0.15, -0.1) is 0 Å². The van der Waals surface area contributed by atoms with Crippen LogP contribution in [0, 0.1) is 0 Å². The van der Waals surface area contributed by atoms with E-state index in [1.54, 1.807) is 6.92 Å². The summed E-state index contributed by atoms with van der Waals surface area (Å²) in [6.45, 7) is 4.08. The number of nitrogen functional groups attached to an aromatic ring is 1. The van der Waals surface area contributed by atoms with E-state index in [2.05, 4.69) is 22.4 Å². The van der Waals surface area contributed by atoms with Crippen LogP contribution >= 0.6 is 12.2 Å². The van der Waals surface area contributed by atoms with Crippen molar-refractivity contribution in [2.24, 2.45) is 10.7 Å². The molecule has 0 bridgehead atoms. The Balaban J connectivity index is 3.06. The number of rotatable bonds is 5. The van der Waals surface area contributed by atoms with Gasteiger partial charge in [0.1, 0.15) is 11.9 Å². The van der Waals surface area contributed by atoms with Crippen LogP contribution < -0.4 is 22.6 Å². The number of isothiocyanates is 1. The summed E-state index contributed by atoms with van der Waals surface area (Å²) >= 11 is 4.62. The number of aromatic nitrogens is 2. The predicted molar refractivity (Wildman–Crippen MR) is 95.4 cm³/mol. The SMILES string of the molecule is CCCC(N)n1c(=O)c2c(N=C=S)c(N)ccc2c(=O)n1CC. The molecule has 1 aromatic carbocycles. The van der Waals surface area contributed by atoms with Crippen molar-refractivity contribution in [2.45, 2.75) is 39.4 Å². The molecule has 0 aliphatic rings. The minimum atomic E-state index is -0.602. The molecule has 2 rings (SSSR count). The van der Waals surface area contributed by atoms with Crippen molar-refractivity contribution in [2.75, 3.05) is 5.73 Å². The molecule has 0 aliphatic carbocycles. The van der Waals surface area contributed by atoms with Gasteiger partial charge in [-0.05, 0) is 37.7 Å². The van der Waals surface area contributed by atoms with E-state index in [-0.39, 0.29) is 27.7 Å². The lowest BCUT2D eigenvalue weighted by Gasteiger charge is -2.21. The molecule has 122 valence electrons. The minimum absolute atomic E-state index is 0.128. The molecule has 4 N–H and O–H groups in total. The van der Waals surface area contributed by atoms with Crippen LogP contribution in [0.25, 0.3) is 10.8 Å². The zero-order valence-corrected chi connectivity index (χ0v) is 13.9. The molecule has 1 unspecified atom stereocenters. The molecule has 0 spiro atoms. The standard InChI is InChI=1S/C15H19N5O2S/c1-3-5-11(17)20-15(22)12-9(14(21)19(20)4-2)6-7-10(16)13(12)18-8-23/h6-7,11H,3-5,16-17H2,1-2H3. The lowest BCUT2D eigenvalue weighted by atomic mass is 10.1. The van der Waals surface area contributed by atoms with Crippen LogP contribution in [0.2, 0.25) is 0 Å². The Bertz CT molecular complexity index is 909. The summed E-state index contributed by atoms with van der Waals surface area (Å²) in [6.07, 6.45) is 0.750. The number of thiocarbonyl (C=S) groups is 1. The summed E-state index contributed by atoms with van der Waals surface area (Å²) < 4.78 is 2.64. The first-order valence-electron chi connectivity index (χ1n) is 7.39. The zero-order chi connectivity index (χ0) is 17.1. The third-order valence-electron chi connectivity index (χ3n) is 3.71. The summed E-state index contributed by atoms with van der Waals surface area (Å²) in [6, 6.07) is 3.06. The van der Waals surface area contributed by atoms with E-state index >= 15 is 0 Å². The smallest absolute Gasteiger partial charge is 0.277 e. The lowest BCUT2D eigenvalue weighted by molar-refractivity contribution is 0.338. The van der Waals surface area contributed by atoms with Gasteiger partial charge in [-0.25, -0.2) is 9.36 Å². The van der Waals surface area contributed by atoms with Crippen molar-refractivity contribution >= 4 is 39.5 Å². The average Bonchev–Trinajstić information content (AvgIpc) is 2.52. The topological polar surface area (TPSA) is 108 Å². The highest BCUT2D eigenvalue weighted by Crippen LogP contribution is 2.28. The Labute approximate surface area is 138 Å². The number of hydrogen-bond acceptors (Lipinski definition) is 6. The van der Waals surface area contributed by atoms with Crippen molar-refractivity contribution in [1.29, 1.82) is 0 Å². The maximum atomic E-state index is 13.0. The van der Waals surface area contributed by atoms with Crippen LogP contribution in [0.3, 0.4) is 0 Å². The Hall–Kier alpha value is -2.28. The van der Waals surface area contributed by atoms with Crippen molar-refractivity contribution in [3.8, 4) is 0 Å². The van der Waals surface area contributed by atoms with Gasteiger partial charge < -0.3 is 11.5 Å². The second kappa shape index (κ2) is 6.87. The molecule has 1 heterocycles. The number of benzene rings is 1. The number of anilines is 1. The zero-order valence-electron chi connectivity index (χ0n) is 13.1. The summed E-state index contributed by atoms with van der Waals surface area (Å²) in [4.78, 5) is 29.6. The van der Waals surface area contributed by atoms with E-state index in [9.17, 15) is 9.59 Å². The number of hydrogen-bond donors (Lipinski definition) is 2. The second-order valence-corrected chi connectivity index (χ2v) is 5.34. The minimum Gasteiger partial charge on any atom is -0.397 e. The first-order valence-corrected chi connectivity index (χ1v) is 7.79. The highest BCUT2D eigenvalue weighted by Gasteiger charge is 2.19. The number of fused-ring (bicyclic) bond motifs is 1. The van der Waals surface area contributed by atoms with Gasteiger partial charge >= 0.3 is 0 Å². The van der Waals surface area contributed by atoms with Gasteiger partial charge in [0.05, 0.1) is 21.6 Å². The summed E-state index contributed by atoms with van der Waals surface area (Å²) in [5.41, 5.74) is 11.7. The molecule has 0 saturated carbocycles. The maximum Gasteiger partial charge on any atom is 0.277 e. The Morgan fingerprint density at radius 2 is 2.00 bits per heavy atom. The van der Waals surface area contributed by atoms with E-state index in [1.165, 1.54) is 21.5 Å². The Kier molecular flexibility index (Phi) is 5.10. The quantitative estimate of drug-likeness (QED) is 0.492. The molecule has 0 fully saturated rings. The van der Waals surface area contributed by atoms with Crippen LogP contribution in [0.15, 0.2) is 26.7 Å². The molecule has 0 radical (unpaired) electrons. The predicted octanol–water partition coefficient (Wildman–Crippen LogP) is 1.76. The second-order valence-electron chi connectivity index (χ2n) is 5.16. The van der Waals surface area contributed by atoms with Gasteiger partial charge in [-0.2, -0.15) is 4.99 Å². The molecule has 7 nitrogen and oxygen atoms in total. The number of nitrogens with zero attached hydrogens (tertiary/aromatic N) is 3. The summed E-state index contributed by atoms with van der Waals surface area (Å²) in [5.74, 6) is 0. The molecule has 2 aromatic rings. The molecule has 0 aliphatic heterocycles.